The molecule has 2 aromatic carbocycles. The van der Waals surface area contributed by atoms with Gasteiger partial charge < -0.3 is 14.6 Å². The summed E-state index contributed by atoms with van der Waals surface area (Å²) >= 11 is 0. The highest BCUT2D eigenvalue weighted by molar-refractivity contribution is 5.90. The molecule has 0 aromatic heterocycles. The second kappa shape index (κ2) is 8.45. The largest absolute Gasteiger partial charge is 0.462 e. The summed E-state index contributed by atoms with van der Waals surface area (Å²) in [7, 11) is 0. The molecular formula is C21H20O5. The van der Waals surface area contributed by atoms with Gasteiger partial charge in [0, 0.05) is 5.92 Å². The monoisotopic (exact) mass is 352 g/mol. The third-order valence-electron chi connectivity index (χ3n) is 4.26. The highest BCUT2D eigenvalue weighted by Gasteiger charge is 2.34. The smallest absolute Gasteiger partial charge is 0.338 e. The van der Waals surface area contributed by atoms with Crippen LogP contribution in [-0.2, 0) is 9.47 Å². The van der Waals surface area contributed by atoms with Crippen molar-refractivity contribution in [2.75, 3.05) is 6.61 Å². The standard InChI is InChI=1S/C21H20O5/c22-18-13-7-12-17(14-25-20(23)15-8-3-1-4-9-15)19(18)26-21(24)16-10-5-2-6-11-16/h1-11,13,17-19,22H,12,14H2/t17-,18-,19+/m0/s1. The molecule has 0 heterocycles. The van der Waals surface area contributed by atoms with Gasteiger partial charge in [0.1, 0.15) is 12.2 Å². The van der Waals surface area contributed by atoms with Crippen molar-refractivity contribution >= 4 is 11.9 Å². The lowest BCUT2D eigenvalue weighted by molar-refractivity contribution is -0.0457. The molecule has 3 atom stereocenters. The fourth-order valence-corrected chi connectivity index (χ4v) is 2.85. The lowest BCUT2D eigenvalue weighted by atomic mass is 9.90. The van der Waals surface area contributed by atoms with Crippen molar-refractivity contribution in [3.63, 3.8) is 0 Å². The average molecular weight is 352 g/mol. The van der Waals surface area contributed by atoms with E-state index in [2.05, 4.69) is 0 Å². The quantitative estimate of drug-likeness (QED) is 0.661. The molecule has 0 fully saturated rings. The lowest BCUT2D eigenvalue weighted by Crippen LogP contribution is -2.41. The van der Waals surface area contributed by atoms with Gasteiger partial charge in [-0.25, -0.2) is 9.59 Å². The van der Waals surface area contributed by atoms with E-state index in [1.54, 1.807) is 66.7 Å². The first-order valence-electron chi connectivity index (χ1n) is 8.48. The van der Waals surface area contributed by atoms with Crippen molar-refractivity contribution < 1.29 is 24.2 Å². The molecule has 3 rings (SSSR count). The molecule has 0 saturated heterocycles. The molecule has 0 unspecified atom stereocenters. The van der Waals surface area contributed by atoms with E-state index in [1.807, 2.05) is 6.07 Å². The van der Waals surface area contributed by atoms with Gasteiger partial charge in [-0.15, -0.1) is 0 Å². The number of rotatable bonds is 5. The van der Waals surface area contributed by atoms with Crippen LogP contribution >= 0.6 is 0 Å². The van der Waals surface area contributed by atoms with Gasteiger partial charge in [-0.05, 0) is 30.7 Å². The zero-order valence-corrected chi connectivity index (χ0v) is 14.2. The van der Waals surface area contributed by atoms with Crippen LogP contribution in [0.25, 0.3) is 0 Å². The predicted octanol–water partition coefficient (Wildman–Crippen LogP) is 3.01. The number of hydrogen-bond donors (Lipinski definition) is 1. The minimum Gasteiger partial charge on any atom is -0.462 e. The number of ether oxygens (including phenoxy) is 2. The summed E-state index contributed by atoms with van der Waals surface area (Å²) in [6.45, 7) is 0.0574. The van der Waals surface area contributed by atoms with E-state index in [4.69, 9.17) is 9.47 Å². The first-order chi connectivity index (χ1) is 12.6. The van der Waals surface area contributed by atoms with Gasteiger partial charge in [0.25, 0.3) is 0 Å². The van der Waals surface area contributed by atoms with Crippen LogP contribution in [0.3, 0.4) is 0 Å². The molecule has 26 heavy (non-hydrogen) atoms. The van der Waals surface area contributed by atoms with Crippen LogP contribution in [0.2, 0.25) is 0 Å². The molecule has 0 radical (unpaired) electrons. The lowest BCUT2D eigenvalue weighted by Gasteiger charge is -2.31. The van der Waals surface area contributed by atoms with Gasteiger partial charge in [-0.3, -0.25) is 0 Å². The molecular weight excluding hydrogens is 332 g/mol. The molecule has 5 heteroatoms. The SMILES string of the molecule is O=C(OC[C@@H]1CC=C[C@H](O)[C@@H]1OC(=O)c1ccccc1)c1ccccc1. The molecule has 0 bridgehead atoms. The van der Waals surface area contributed by atoms with Crippen LogP contribution in [0.15, 0.2) is 72.8 Å². The molecule has 2 aromatic rings. The summed E-state index contributed by atoms with van der Waals surface area (Å²) in [6.07, 6.45) is 2.25. The minimum atomic E-state index is -0.933. The van der Waals surface area contributed by atoms with Crippen LogP contribution in [0.5, 0.6) is 0 Å². The first kappa shape index (κ1) is 17.9. The fraction of sp³-hybridized carbons (Fsp3) is 0.238. The molecule has 0 spiro atoms. The van der Waals surface area contributed by atoms with E-state index in [1.165, 1.54) is 0 Å². The number of hydrogen-bond acceptors (Lipinski definition) is 5. The Bertz CT molecular complexity index is 770. The zero-order chi connectivity index (χ0) is 18.4. The Morgan fingerprint density at radius 2 is 1.50 bits per heavy atom. The number of aliphatic hydroxyl groups excluding tert-OH is 1. The Labute approximate surface area is 151 Å². The Kier molecular flexibility index (Phi) is 5.81. The summed E-state index contributed by atoms with van der Waals surface area (Å²) in [5.41, 5.74) is 0.867. The molecule has 0 saturated carbocycles. The Hall–Kier alpha value is -2.92. The van der Waals surface area contributed by atoms with Gasteiger partial charge in [0.2, 0.25) is 0 Å². The van der Waals surface area contributed by atoms with Crippen LogP contribution in [0, 0.1) is 5.92 Å². The molecule has 5 nitrogen and oxygen atoms in total. The predicted molar refractivity (Wildman–Crippen MR) is 95.6 cm³/mol. The number of aliphatic hydroxyl groups is 1. The van der Waals surface area contributed by atoms with Crippen molar-refractivity contribution in [1.29, 1.82) is 0 Å². The van der Waals surface area contributed by atoms with E-state index in [9.17, 15) is 14.7 Å². The second-order valence-corrected chi connectivity index (χ2v) is 6.11. The van der Waals surface area contributed by atoms with E-state index in [0.717, 1.165) is 0 Å². The highest BCUT2D eigenvalue weighted by Crippen LogP contribution is 2.24. The van der Waals surface area contributed by atoms with Gasteiger partial charge in [-0.1, -0.05) is 48.6 Å². The Morgan fingerprint density at radius 3 is 2.12 bits per heavy atom. The maximum absolute atomic E-state index is 12.3. The van der Waals surface area contributed by atoms with E-state index >= 15 is 0 Å². The van der Waals surface area contributed by atoms with Gasteiger partial charge in [0.15, 0.2) is 0 Å². The fourth-order valence-electron chi connectivity index (χ4n) is 2.85. The van der Waals surface area contributed by atoms with Crippen molar-refractivity contribution in [3.05, 3.63) is 83.9 Å². The number of esters is 2. The zero-order valence-electron chi connectivity index (χ0n) is 14.2. The Morgan fingerprint density at radius 1 is 0.923 bits per heavy atom. The summed E-state index contributed by atoms with van der Waals surface area (Å²) in [5, 5.41) is 10.2. The van der Waals surface area contributed by atoms with Crippen molar-refractivity contribution in [3.8, 4) is 0 Å². The molecule has 1 N–H and O–H groups in total. The number of allylic oxidation sites excluding steroid dienone is 1. The summed E-state index contributed by atoms with van der Waals surface area (Å²) in [6, 6.07) is 17.3. The third kappa shape index (κ3) is 4.37. The van der Waals surface area contributed by atoms with Gasteiger partial charge in [-0.2, -0.15) is 0 Å². The van der Waals surface area contributed by atoms with E-state index < -0.39 is 24.1 Å². The van der Waals surface area contributed by atoms with Crippen LogP contribution < -0.4 is 0 Å². The van der Waals surface area contributed by atoms with Gasteiger partial charge in [0.05, 0.1) is 17.7 Å². The van der Waals surface area contributed by atoms with Crippen molar-refractivity contribution in [2.24, 2.45) is 5.92 Å². The molecule has 1 aliphatic carbocycles. The average Bonchev–Trinajstić information content (AvgIpc) is 2.69. The topological polar surface area (TPSA) is 72.8 Å². The summed E-state index contributed by atoms with van der Waals surface area (Å²) in [4.78, 5) is 24.4. The summed E-state index contributed by atoms with van der Waals surface area (Å²) in [5.74, 6) is -1.26. The van der Waals surface area contributed by atoms with Crippen LogP contribution in [0.1, 0.15) is 27.1 Å². The maximum atomic E-state index is 12.3. The number of carbonyl (C=O) groups is 2. The van der Waals surface area contributed by atoms with Crippen molar-refractivity contribution in [2.45, 2.75) is 18.6 Å². The number of carbonyl (C=O) groups excluding carboxylic acids is 2. The Balaban J connectivity index is 1.64. The van der Waals surface area contributed by atoms with Gasteiger partial charge >= 0.3 is 11.9 Å². The highest BCUT2D eigenvalue weighted by atomic mass is 16.6. The van der Waals surface area contributed by atoms with E-state index in [-0.39, 0.29) is 12.5 Å². The summed E-state index contributed by atoms with van der Waals surface area (Å²) < 4.78 is 10.9. The first-order valence-corrected chi connectivity index (χ1v) is 8.48. The normalized spacial score (nSPS) is 21.8. The minimum absolute atomic E-state index is 0.0574. The third-order valence-corrected chi connectivity index (χ3v) is 4.26. The molecule has 0 aliphatic heterocycles. The number of benzene rings is 2. The molecule has 1 aliphatic rings. The van der Waals surface area contributed by atoms with Crippen LogP contribution in [0.4, 0.5) is 0 Å². The van der Waals surface area contributed by atoms with E-state index in [0.29, 0.717) is 17.5 Å². The molecule has 134 valence electrons. The molecule has 0 amide bonds. The second-order valence-electron chi connectivity index (χ2n) is 6.11. The van der Waals surface area contributed by atoms with Crippen LogP contribution in [-0.4, -0.2) is 35.9 Å². The van der Waals surface area contributed by atoms with Crippen molar-refractivity contribution in [1.82, 2.24) is 0 Å². The maximum Gasteiger partial charge on any atom is 0.338 e.